The Kier molecular flexibility index (Phi) is 6.04. The van der Waals surface area contributed by atoms with Gasteiger partial charge >= 0.3 is 0 Å². The molecule has 0 amide bonds. The van der Waals surface area contributed by atoms with Gasteiger partial charge in [-0.05, 0) is 58.5 Å². The van der Waals surface area contributed by atoms with Crippen LogP contribution in [0.4, 0.5) is 0 Å². The van der Waals surface area contributed by atoms with Crippen LogP contribution in [0.3, 0.4) is 0 Å². The van der Waals surface area contributed by atoms with Crippen LogP contribution in [-0.4, -0.2) is 11.8 Å². The molecule has 1 unspecified atom stereocenters. The molecule has 1 aromatic carbocycles. The lowest BCUT2D eigenvalue weighted by Crippen LogP contribution is -2.36. The van der Waals surface area contributed by atoms with E-state index < -0.39 is 0 Å². The van der Waals surface area contributed by atoms with Crippen LogP contribution in [-0.2, 0) is 6.42 Å². The second-order valence-electron chi connectivity index (χ2n) is 5.64. The fourth-order valence-electron chi connectivity index (χ4n) is 2.67. The van der Waals surface area contributed by atoms with Gasteiger partial charge in [-0.2, -0.15) is 0 Å². The molecule has 0 radical (unpaired) electrons. The van der Waals surface area contributed by atoms with Gasteiger partial charge in [0.25, 0.3) is 0 Å². The number of fused-ring (bicyclic) bond motifs is 2. The van der Waals surface area contributed by atoms with Crippen LogP contribution < -0.4 is 5.32 Å². The number of nitrogens with one attached hydrogen (secondary N) is 1. The number of hydrogen-bond donors (Lipinski definition) is 1. The van der Waals surface area contributed by atoms with Gasteiger partial charge in [0.15, 0.2) is 5.78 Å². The van der Waals surface area contributed by atoms with Gasteiger partial charge < -0.3 is 5.32 Å². The van der Waals surface area contributed by atoms with E-state index in [9.17, 15) is 4.79 Å². The maximum atomic E-state index is 12.7. The number of halogens is 2. The average Bonchev–Trinajstić information content (AvgIpc) is 2.62. The zero-order valence-electron chi connectivity index (χ0n) is 13.2. The van der Waals surface area contributed by atoms with E-state index in [-0.39, 0.29) is 11.8 Å². The highest BCUT2D eigenvalue weighted by Gasteiger charge is 2.30. The van der Waals surface area contributed by atoms with Crippen molar-refractivity contribution in [1.82, 2.24) is 5.32 Å². The van der Waals surface area contributed by atoms with Crippen LogP contribution >= 0.6 is 31.9 Å². The third-order valence-electron chi connectivity index (χ3n) is 3.71. The quantitative estimate of drug-likeness (QED) is 0.598. The third-order valence-corrected chi connectivity index (χ3v) is 5.27. The van der Waals surface area contributed by atoms with Crippen molar-refractivity contribution >= 4 is 37.6 Å². The van der Waals surface area contributed by atoms with E-state index in [0.717, 1.165) is 38.5 Å². The van der Waals surface area contributed by atoms with Crippen molar-refractivity contribution in [2.24, 2.45) is 0 Å². The summed E-state index contributed by atoms with van der Waals surface area (Å²) in [6.45, 7) is 6.31. The molecule has 3 rings (SSSR count). The molecule has 4 heteroatoms. The first-order valence-corrected chi connectivity index (χ1v) is 9.22. The highest BCUT2D eigenvalue weighted by atomic mass is 79.9. The smallest absolute Gasteiger partial charge is 0.189 e. The Morgan fingerprint density at radius 3 is 2.59 bits per heavy atom. The number of rotatable bonds is 0. The number of benzene rings is 1. The molecular formula is C18H21Br2NO. The minimum absolute atomic E-state index is 0.163. The van der Waals surface area contributed by atoms with Crippen molar-refractivity contribution in [1.29, 1.82) is 0 Å². The summed E-state index contributed by atoms with van der Waals surface area (Å²) in [5, 5.41) is 3.19. The van der Waals surface area contributed by atoms with Crippen molar-refractivity contribution in [2.75, 3.05) is 0 Å². The minimum Gasteiger partial charge on any atom is -0.377 e. The van der Waals surface area contributed by atoms with Crippen LogP contribution in [0.1, 0.15) is 48.2 Å². The summed E-state index contributed by atoms with van der Waals surface area (Å²) in [7, 11) is 0. The number of hydrogen-bond acceptors (Lipinski definition) is 2. The number of Topliss-reactive ketones (excluding diaryl/α,β-unsaturated/α-hetero) is 1. The third kappa shape index (κ3) is 3.54. The number of allylic oxidation sites excluding steroid dienone is 2. The average molecular weight is 427 g/mol. The van der Waals surface area contributed by atoms with Gasteiger partial charge in [0.1, 0.15) is 6.04 Å². The molecule has 1 aromatic rings. The zero-order chi connectivity index (χ0) is 16.3. The molecule has 0 aromatic heterocycles. The van der Waals surface area contributed by atoms with E-state index >= 15 is 0 Å². The second-order valence-corrected chi connectivity index (χ2v) is 7.35. The van der Waals surface area contributed by atoms with Crippen molar-refractivity contribution in [3.8, 4) is 0 Å². The van der Waals surface area contributed by atoms with E-state index in [4.69, 9.17) is 0 Å². The topological polar surface area (TPSA) is 29.1 Å². The largest absolute Gasteiger partial charge is 0.377 e. The van der Waals surface area contributed by atoms with E-state index in [2.05, 4.69) is 64.0 Å². The number of dihydropyridines is 1. The Bertz CT molecular complexity index is 647. The number of carbonyl (C=O) groups is 1. The molecule has 0 spiro atoms. The molecule has 118 valence electrons. The molecule has 22 heavy (non-hydrogen) atoms. The number of carbonyl (C=O) groups excluding carboxylic acids is 1. The van der Waals surface area contributed by atoms with Gasteiger partial charge in [0.2, 0.25) is 0 Å². The van der Waals surface area contributed by atoms with Crippen molar-refractivity contribution in [3.05, 3.63) is 55.6 Å². The Balaban J connectivity index is 0.000000545. The Morgan fingerprint density at radius 2 is 1.91 bits per heavy atom. The maximum absolute atomic E-state index is 12.7. The van der Waals surface area contributed by atoms with Crippen molar-refractivity contribution in [2.45, 2.75) is 46.1 Å². The predicted molar refractivity (Wildman–Crippen MR) is 99.5 cm³/mol. The van der Waals surface area contributed by atoms with E-state index in [0.29, 0.717) is 0 Å². The first kappa shape index (κ1) is 17.5. The molecule has 0 saturated carbocycles. The van der Waals surface area contributed by atoms with Crippen LogP contribution in [0.25, 0.3) is 0 Å². The summed E-state index contributed by atoms with van der Waals surface area (Å²) in [6.07, 6.45) is 6.96. The molecule has 2 aliphatic rings. The standard InChI is InChI=1S/C15H13Br2NO.C3H8/c1-8-2-4-12-11(13(8)17)5-3-9-6-10(16)7-18-14(9)15(12)19;1-3-2/h2,4,6-7,14,18H,3,5H2,1H3;3H2,1-2H3. The van der Waals surface area contributed by atoms with Gasteiger partial charge in [0.05, 0.1) is 0 Å². The normalized spacial score (nSPS) is 19.5. The molecule has 1 aliphatic heterocycles. The molecule has 1 aliphatic carbocycles. The Morgan fingerprint density at radius 1 is 1.23 bits per heavy atom. The van der Waals surface area contributed by atoms with Crippen LogP contribution in [0.15, 0.2) is 38.9 Å². The molecule has 0 bridgehead atoms. The molecule has 0 fully saturated rings. The molecule has 1 N–H and O–H groups in total. The highest BCUT2D eigenvalue weighted by molar-refractivity contribution is 9.12. The van der Waals surface area contributed by atoms with Gasteiger partial charge in [-0.3, -0.25) is 4.79 Å². The SMILES string of the molecule is CCC.Cc1ccc2c(c1Br)CCC1=CC(Br)=CNC1C2=O. The first-order valence-electron chi connectivity index (χ1n) is 7.63. The summed E-state index contributed by atoms with van der Waals surface area (Å²) in [4.78, 5) is 12.7. The Hall–Kier alpha value is -0.870. The molecule has 2 nitrogen and oxygen atoms in total. The van der Waals surface area contributed by atoms with Crippen LogP contribution in [0.2, 0.25) is 0 Å². The minimum atomic E-state index is -0.211. The summed E-state index contributed by atoms with van der Waals surface area (Å²) >= 11 is 7.08. The van der Waals surface area contributed by atoms with E-state index in [1.54, 1.807) is 0 Å². The van der Waals surface area contributed by atoms with Crippen molar-refractivity contribution in [3.63, 3.8) is 0 Å². The maximum Gasteiger partial charge on any atom is 0.189 e. The van der Waals surface area contributed by atoms with Gasteiger partial charge in [-0.15, -0.1) is 0 Å². The van der Waals surface area contributed by atoms with E-state index in [1.165, 1.54) is 12.0 Å². The molecule has 1 heterocycles. The lowest BCUT2D eigenvalue weighted by Gasteiger charge is -2.21. The number of ketones is 1. The number of aryl methyl sites for hydroxylation is 1. The summed E-state index contributed by atoms with van der Waals surface area (Å²) < 4.78 is 2.07. The van der Waals surface area contributed by atoms with Gasteiger partial charge in [-0.25, -0.2) is 0 Å². The summed E-state index contributed by atoms with van der Waals surface area (Å²) in [5.41, 5.74) is 4.31. The van der Waals surface area contributed by atoms with Gasteiger partial charge in [0, 0.05) is 20.7 Å². The zero-order valence-corrected chi connectivity index (χ0v) is 16.3. The lowest BCUT2D eigenvalue weighted by atomic mass is 9.96. The highest BCUT2D eigenvalue weighted by Crippen LogP contribution is 2.33. The fourth-order valence-corrected chi connectivity index (χ4v) is 3.64. The summed E-state index contributed by atoms with van der Waals surface area (Å²) in [6, 6.07) is 3.75. The first-order chi connectivity index (χ1) is 10.5. The molecule has 1 atom stereocenters. The summed E-state index contributed by atoms with van der Waals surface area (Å²) in [5.74, 6) is 0.163. The van der Waals surface area contributed by atoms with Crippen LogP contribution in [0, 0.1) is 6.92 Å². The Labute approximate surface area is 149 Å². The van der Waals surface area contributed by atoms with E-state index in [1.807, 2.05) is 18.3 Å². The van der Waals surface area contributed by atoms with Crippen LogP contribution in [0.5, 0.6) is 0 Å². The van der Waals surface area contributed by atoms with Crippen molar-refractivity contribution < 1.29 is 4.79 Å². The second kappa shape index (κ2) is 7.60. The lowest BCUT2D eigenvalue weighted by molar-refractivity contribution is 0.0964. The fraction of sp³-hybridized carbons (Fsp3) is 0.389. The molecule has 0 saturated heterocycles. The monoisotopic (exact) mass is 425 g/mol. The molecular weight excluding hydrogens is 406 g/mol. The van der Waals surface area contributed by atoms with Gasteiger partial charge in [-0.1, -0.05) is 48.3 Å². The predicted octanol–water partition coefficient (Wildman–Crippen LogP) is 5.44.